The second-order valence-electron chi connectivity index (χ2n) is 4.17. The molecule has 0 aliphatic rings. The number of nitrogens with one attached hydrogen (secondary N) is 2. The molecule has 0 spiro atoms. The van der Waals surface area contributed by atoms with Gasteiger partial charge in [-0.15, -0.1) is 0 Å². The highest BCUT2D eigenvalue weighted by Crippen LogP contribution is 2.29. The van der Waals surface area contributed by atoms with E-state index in [2.05, 4.69) is 25.0 Å². The molecule has 0 bridgehead atoms. The number of H-pyrrole nitrogens is 1. The SMILES string of the molecule is COC(=O)Nc1nc2cc(Sc3cccnc3)ccc2[nH]1. The summed E-state index contributed by atoms with van der Waals surface area (Å²) in [6.45, 7) is 0. The van der Waals surface area contributed by atoms with Crippen LogP contribution in [0.4, 0.5) is 10.7 Å². The van der Waals surface area contributed by atoms with E-state index in [1.165, 1.54) is 7.11 Å². The third-order valence-corrected chi connectivity index (χ3v) is 3.70. The second kappa shape index (κ2) is 5.84. The summed E-state index contributed by atoms with van der Waals surface area (Å²) < 4.78 is 4.53. The molecule has 106 valence electrons. The van der Waals surface area contributed by atoms with Gasteiger partial charge in [-0.2, -0.15) is 0 Å². The maximum Gasteiger partial charge on any atom is 0.413 e. The maximum absolute atomic E-state index is 11.2. The van der Waals surface area contributed by atoms with Crippen molar-refractivity contribution >= 4 is 34.8 Å². The molecule has 0 radical (unpaired) electrons. The summed E-state index contributed by atoms with van der Waals surface area (Å²) in [6, 6.07) is 9.75. The number of pyridine rings is 1. The zero-order valence-electron chi connectivity index (χ0n) is 11.2. The monoisotopic (exact) mass is 300 g/mol. The van der Waals surface area contributed by atoms with E-state index >= 15 is 0 Å². The molecule has 0 aliphatic heterocycles. The third-order valence-electron chi connectivity index (χ3n) is 2.73. The first-order valence-electron chi connectivity index (χ1n) is 6.17. The molecule has 1 amide bonds. The van der Waals surface area contributed by atoms with Crippen LogP contribution in [0.3, 0.4) is 0 Å². The maximum atomic E-state index is 11.2. The van der Waals surface area contributed by atoms with Gasteiger partial charge in [0.2, 0.25) is 5.95 Å². The molecule has 1 aromatic carbocycles. The fourth-order valence-electron chi connectivity index (χ4n) is 1.80. The number of methoxy groups -OCH3 is 1. The van der Waals surface area contributed by atoms with E-state index in [1.54, 1.807) is 18.0 Å². The van der Waals surface area contributed by atoms with Gasteiger partial charge in [0.25, 0.3) is 0 Å². The Morgan fingerprint density at radius 3 is 3.00 bits per heavy atom. The smallest absolute Gasteiger partial charge is 0.413 e. The van der Waals surface area contributed by atoms with Crippen LogP contribution in [0.25, 0.3) is 11.0 Å². The van der Waals surface area contributed by atoms with Crippen molar-refractivity contribution in [3.05, 3.63) is 42.7 Å². The Balaban J connectivity index is 1.84. The minimum absolute atomic E-state index is 0.361. The quantitative estimate of drug-likeness (QED) is 0.776. The number of nitrogens with zero attached hydrogens (tertiary/aromatic N) is 2. The Kier molecular flexibility index (Phi) is 3.74. The number of hydrogen-bond donors (Lipinski definition) is 2. The summed E-state index contributed by atoms with van der Waals surface area (Å²) in [5.41, 5.74) is 1.62. The molecular weight excluding hydrogens is 288 g/mol. The molecule has 2 aromatic heterocycles. The van der Waals surface area contributed by atoms with Crippen LogP contribution >= 0.6 is 11.8 Å². The number of anilines is 1. The van der Waals surface area contributed by atoms with Crippen LogP contribution in [0.15, 0.2) is 52.5 Å². The molecule has 0 aliphatic carbocycles. The van der Waals surface area contributed by atoms with Crippen molar-refractivity contribution in [1.29, 1.82) is 0 Å². The van der Waals surface area contributed by atoms with E-state index in [4.69, 9.17) is 0 Å². The zero-order chi connectivity index (χ0) is 14.7. The van der Waals surface area contributed by atoms with Gasteiger partial charge < -0.3 is 9.72 Å². The predicted octanol–water partition coefficient (Wildman–Crippen LogP) is 3.29. The number of carbonyl (C=O) groups excluding carboxylic acids is 1. The van der Waals surface area contributed by atoms with Crippen molar-refractivity contribution in [3.63, 3.8) is 0 Å². The van der Waals surface area contributed by atoms with Gasteiger partial charge in [0.05, 0.1) is 18.1 Å². The number of imidazole rings is 1. The van der Waals surface area contributed by atoms with Crippen LogP contribution in [0.1, 0.15) is 0 Å². The number of rotatable bonds is 3. The topological polar surface area (TPSA) is 79.9 Å². The lowest BCUT2D eigenvalue weighted by atomic mass is 10.3. The Morgan fingerprint density at radius 2 is 2.24 bits per heavy atom. The van der Waals surface area contributed by atoms with Gasteiger partial charge in [-0.1, -0.05) is 11.8 Å². The highest BCUT2D eigenvalue weighted by atomic mass is 32.2. The Labute approximate surface area is 124 Å². The molecule has 0 saturated heterocycles. The van der Waals surface area contributed by atoms with Crippen molar-refractivity contribution in [2.45, 2.75) is 9.79 Å². The van der Waals surface area contributed by atoms with Crippen LogP contribution in [-0.4, -0.2) is 28.2 Å². The molecule has 3 aromatic rings. The molecule has 7 heteroatoms. The fraction of sp³-hybridized carbons (Fsp3) is 0.0714. The first-order valence-corrected chi connectivity index (χ1v) is 6.99. The van der Waals surface area contributed by atoms with E-state index < -0.39 is 6.09 Å². The minimum Gasteiger partial charge on any atom is -0.453 e. The van der Waals surface area contributed by atoms with Crippen LogP contribution in [0.5, 0.6) is 0 Å². The summed E-state index contributed by atoms with van der Waals surface area (Å²) in [6.07, 6.45) is 2.99. The highest BCUT2D eigenvalue weighted by molar-refractivity contribution is 7.99. The van der Waals surface area contributed by atoms with Gasteiger partial charge in [-0.3, -0.25) is 10.3 Å². The van der Waals surface area contributed by atoms with Crippen LogP contribution in [0.2, 0.25) is 0 Å². The Morgan fingerprint density at radius 1 is 1.33 bits per heavy atom. The summed E-state index contributed by atoms with van der Waals surface area (Å²) in [7, 11) is 1.31. The van der Waals surface area contributed by atoms with Gasteiger partial charge in [-0.05, 0) is 30.3 Å². The van der Waals surface area contributed by atoms with E-state index in [0.29, 0.717) is 5.95 Å². The van der Waals surface area contributed by atoms with Crippen molar-refractivity contribution in [2.24, 2.45) is 0 Å². The lowest BCUT2D eigenvalue weighted by molar-refractivity contribution is 0.186. The predicted molar refractivity (Wildman–Crippen MR) is 80.5 cm³/mol. The van der Waals surface area contributed by atoms with E-state index in [0.717, 1.165) is 20.8 Å². The normalized spacial score (nSPS) is 10.5. The third kappa shape index (κ3) is 3.14. The Hall–Kier alpha value is -2.54. The first-order chi connectivity index (χ1) is 10.2. The summed E-state index contributed by atoms with van der Waals surface area (Å²) in [5.74, 6) is 0.361. The van der Waals surface area contributed by atoms with Gasteiger partial charge in [0, 0.05) is 22.2 Å². The average Bonchev–Trinajstić information content (AvgIpc) is 2.89. The second-order valence-corrected chi connectivity index (χ2v) is 5.32. The number of hydrogen-bond acceptors (Lipinski definition) is 5. The fourth-order valence-corrected chi connectivity index (χ4v) is 2.64. The average molecular weight is 300 g/mol. The number of benzene rings is 1. The largest absolute Gasteiger partial charge is 0.453 e. The number of aromatic amines is 1. The number of amides is 1. The van der Waals surface area contributed by atoms with Crippen molar-refractivity contribution < 1.29 is 9.53 Å². The van der Waals surface area contributed by atoms with E-state index in [-0.39, 0.29) is 0 Å². The van der Waals surface area contributed by atoms with Crippen molar-refractivity contribution in [3.8, 4) is 0 Å². The standard InChI is InChI=1S/C14H12N4O2S/c1-20-14(19)18-13-16-11-5-4-9(7-12(11)17-13)21-10-3-2-6-15-8-10/h2-8H,1H3,(H2,16,17,18,19). The van der Waals surface area contributed by atoms with Gasteiger partial charge in [0.1, 0.15) is 0 Å². The molecule has 6 nitrogen and oxygen atoms in total. The molecule has 0 fully saturated rings. The lowest BCUT2D eigenvalue weighted by Gasteiger charge is -2.00. The van der Waals surface area contributed by atoms with Crippen LogP contribution in [-0.2, 0) is 4.74 Å². The summed E-state index contributed by atoms with van der Waals surface area (Å²) in [4.78, 5) is 24.7. The van der Waals surface area contributed by atoms with Crippen LogP contribution in [0, 0.1) is 0 Å². The molecule has 21 heavy (non-hydrogen) atoms. The highest BCUT2D eigenvalue weighted by Gasteiger charge is 2.07. The van der Waals surface area contributed by atoms with Gasteiger partial charge in [-0.25, -0.2) is 9.78 Å². The van der Waals surface area contributed by atoms with Gasteiger partial charge in [0.15, 0.2) is 0 Å². The number of fused-ring (bicyclic) bond motifs is 1. The molecule has 0 saturated carbocycles. The first kappa shape index (κ1) is 13.4. The molecule has 2 N–H and O–H groups in total. The Bertz CT molecular complexity index is 773. The van der Waals surface area contributed by atoms with Gasteiger partial charge >= 0.3 is 6.09 Å². The molecule has 0 atom stereocenters. The van der Waals surface area contributed by atoms with E-state index in [9.17, 15) is 4.79 Å². The molecular formula is C14H12N4O2S. The van der Waals surface area contributed by atoms with E-state index in [1.807, 2.05) is 36.5 Å². The zero-order valence-corrected chi connectivity index (χ0v) is 12.0. The molecule has 0 unspecified atom stereocenters. The minimum atomic E-state index is -0.556. The molecule has 3 rings (SSSR count). The van der Waals surface area contributed by atoms with Crippen molar-refractivity contribution in [2.75, 3.05) is 12.4 Å². The lowest BCUT2D eigenvalue weighted by Crippen LogP contribution is -2.11. The van der Waals surface area contributed by atoms with Crippen molar-refractivity contribution in [1.82, 2.24) is 15.0 Å². The summed E-state index contributed by atoms with van der Waals surface area (Å²) in [5, 5.41) is 2.51. The number of ether oxygens (including phenoxy) is 1. The number of aromatic nitrogens is 3. The summed E-state index contributed by atoms with van der Waals surface area (Å²) >= 11 is 1.60. The molecule has 2 heterocycles. The van der Waals surface area contributed by atoms with Crippen LogP contribution < -0.4 is 5.32 Å². The number of carbonyl (C=O) groups is 1.